The molecule has 1 N–H and O–H groups in total. The average Bonchev–Trinajstić information content (AvgIpc) is 1.67. The molecule has 48 valence electrons. The van der Waals surface area contributed by atoms with Gasteiger partial charge in [-0.25, -0.2) is 4.79 Å². The van der Waals surface area contributed by atoms with Crippen molar-refractivity contribution in [1.82, 2.24) is 0 Å². The maximum Gasteiger partial charge on any atom is 0.335 e. The molecule has 0 aromatic heterocycles. The minimum absolute atomic E-state index is 0.365. The molecule has 8 heavy (non-hydrogen) atoms. The molecule has 0 bridgehead atoms. The lowest BCUT2D eigenvalue weighted by molar-refractivity contribution is -0.137. The maximum atomic E-state index is 10.1. The zero-order chi connectivity index (χ0) is 6.78. The number of rotatable bonds is 2. The van der Waals surface area contributed by atoms with Crippen LogP contribution in [0, 0.1) is 0 Å². The fraction of sp³-hybridized carbons (Fsp3) is 0.750. The minimum Gasteiger partial charge on any atom is -0.479 e. The number of aliphatic carboxylic acids is 1. The minimum atomic E-state index is -1.26. The Hall–Kier alpha value is 0.240. The average molecular weight is 201 g/mol. The molecule has 1 unspecified atom stereocenters. The van der Waals surface area contributed by atoms with E-state index in [2.05, 4.69) is 15.9 Å². The summed E-state index contributed by atoms with van der Waals surface area (Å²) in [7, 11) is 0. The molecule has 0 radical (unpaired) electrons. The molecular weight excluding hydrogens is 195 g/mol. The van der Waals surface area contributed by atoms with Crippen LogP contribution in [0.5, 0.6) is 0 Å². The molecule has 0 heterocycles. The van der Waals surface area contributed by atoms with Gasteiger partial charge in [-0.05, 0) is 6.42 Å². The molecule has 0 spiro atoms. The predicted octanol–water partition coefficient (Wildman–Crippen LogP) is 1.81. The first kappa shape index (κ1) is 8.24. The summed E-state index contributed by atoms with van der Waals surface area (Å²) in [5, 5.41) is 8.26. The molecule has 0 saturated carbocycles. The van der Waals surface area contributed by atoms with E-state index in [4.69, 9.17) is 16.7 Å². The Morgan fingerprint density at radius 2 is 2.38 bits per heavy atom. The smallest absolute Gasteiger partial charge is 0.335 e. The van der Waals surface area contributed by atoms with Crippen LogP contribution in [0.1, 0.15) is 13.3 Å². The molecule has 0 aromatic carbocycles. The summed E-state index contributed by atoms with van der Waals surface area (Å²) in [5.41, 5.74) is 0. The van der Waals surface area contributed by atoms with Crippen molar-refractivity contribution in [1.29, 1.82) is 0 Å². The third kappa shape index (κ3) is 2.01. The quantitative estimate of drug-likeness (QED) is 0.692. The summed E-state index contributed by atoms with van der Waals surface area (Å²) in [6.07, 6.45) is 0.365. The number of carbonyl (C=O) groups is 1. The van der Waals surface area contributed by atoms with Gasteiger partial charge in [0.15, 0.2) is 3.78 Å². The highest BCUT2D eigenvalue weighted by atomic mass is 79.9. The standard InChI is InChI=1S/C4H6BrClO2/c1-2-4(5,6)3(7)8/h2H2,1H3,(H,7,8). The highest BCUT2D eigenvalue weighted by molar-refractivity contribution is 9.10. The Morgan fingerprint density at radius 3 is 2.38 bits per heavy atom. The first-order chi connectivity index (χ1) is 3.50. The van der Waals surface area contributed by atoms with E-state index in [-0.39, 0.29) is 0 Å². The molecule has 0 aromatic rings. The predicted molar refractivity (Wildman–Crippen MR) is 35.4 cm³/mol. The molecule has 0 amide bonds. The van der Waals surface area contributed by atoms with Gasteiger partial charge in [0.05, 0.1) is 0 Å². The number of carboxylic acid groups (broad SMARTS) is 1. The summed E-state index contributed by atoms with van der Waals surface area (Å²) in [4.78, 5) is 10.1. The van der Waals surface area contributed by atoms with Crippen LogP contribution in [0.3, 0.4) is 0 Å². The van der Waals surface area contributed by atoms with Gasteiger partial charge >= 0.3 is 5.97 Å². The van der Waals surface area contributed by atoms with E-state index in [0.29, 0.717) is 6.42 Å². The van der Waals surface area contributed by atoms with Crippen LogP contribution in [0.25, 0.3) is 0 Å². The molecule has 0 aliphatic heterocycles. The lowest BCUT2D eigenvalue weighted by Gasteiger charge is -2.09. The summed E-state index contributed by atoms with van der Waals surface area (Å²) in [6.45, 7) is 1.69. The first-order valence-corrected chi connectivity index (χ1v) is 3.29. The van der Waals surface area contributed by atoms with E-state index in [1.165, 1.54) is 0 Å². The largest absolute Gasteiger partial charge is 0.479 e. The van der Waals surface area contributed by atoms with Gasteiger partial charge in [0.25, 0.3) is 0 Å². The Balaban J connectivity index is 3.91. The summed E-state index contributed by atoms with van der Waals surface area (Å²) in [5.74, 6) is -1.04. The van der Waals surface area contributed by atoms with E-state index < -0.39 is 9.75 Å². The van der Waals surface area contributed by atoms with E-state index in [1.807, 2.05) is 0 Å². The highest BCUT2D eigenvalue weighted by Crippen LogP contribution is 2.26. The monoisotopic (exact) mass is 200 g/mol. The Morgan fingerprint density at radius 1 is 2.00 bits per heavy atom. The third-order valence-electron chi connectivity index (χ3n) is 0.757. The van der Waals surface area contributed by atoms with Crippen LogP contribution in [-0.4, -0.2) is 14.9 Å². The topological polar surface area (TPSA) is 37.3 Å². The molecular formula is C4H6BrClO2. The number of carboxylic acids is 1. The SMILES string of the molecule is CCC(Cl)(Br)C(=O)O. The van der Waals surface area contributed by atoms with E-state index in [9.17, 15) is 4.79 Å². The maximum absolute atomic E-state index is 10.1. The lowest BCUT2D eigenvalue weighted by atomic mass is 10.3. The van der Waals surface area contributed by atoms with Gasteiger partial charge in [-0.1, -0.05) is 34.5 Å². The Labute approximate surface area is 61.0 Å². The number of hydrogen-bond donors (Lipinski definition) is 1. The zero-order valence-electron chi connectivity index (χ0n) is 4.32. The molecule has 0 aliphatic rings. The van der Waals surface area contributed by atoms with Crippen molar-refractivity contribution in [3.05, 3.63) is 0 Å². The van der Waals surface area contributed by atoms with E-state index >= 15 is 0 Å². The number of hydrogen-bond acceptors (Lipinski definition) is 1. The molecule has 0 rings (SSSR count). The van der Waals surface area contributed by atoms with Crippen LogP contribution in [-0.2, 0) is 4.79 Å². The second kappa shape index (κ2) is 2.69. The van der Waals surface area contributed by atoms with Crippen LogP contribution in [0.2, 0.25) is 0 Å². The third-order valence-corrected chi connectivity index (χ3v) is 2.09. The molecule has 4 heteroatoms. The molecule has 2 nitrogen and oxygen atoms in total. The second-order valence-electron chi connectivity index (χ2n) is 1.36. The highest BCUT2D eigenvalue weighted by Gasteiger charge is 2.29. The molecule has 0 fully saturated rings. The van der Waals surface area contributed by atoms with Crippen molar-refractivity contribution < 1.29 is 9.90 Å². The summed E-state index contributed by atoms with van der Waals surface area (Å²) < 4.78 is -1.26. The Kier molecular flexibility index (Phi) is 2.77. The van der Waals surface area contributed by atoms with Crippen LogP contribution in [0.15, 0.2) is 0 Å². The van der Waals surface area contributed by atoms with Crippen molar-refractivity contribution in [2.45, 2.75) is 17.1 Å². The molecule has 0 saturated heterocycles. The van der Waals surface area contributed by atoms with Crippen LogP contribution in [0.4, 0.5) is 0 Å². The van der Waals surface area contributed by atoms with Crippen molar-refractivity contribution in [2.75, 3.05) is 0 Å². The van der Waals surface area contributed by atoms with Gasteiger partial charge in [-0.2, -0.15) is 0 Å². The molecule has 0 aliphatic carbocycles. The zero-order valence-corrected chi connectivity index (χ0v) is 6.66. The number of alkyl halides is 2. The van der Waals surface area contributed by atoms with E-state index in [0.717, 1.165) is 0 Å². The van der Waals surface area contributed by atoms with Gasteiger partial charge in [-0.3, -0.25) is 0 Å². The lowest BCUT2D eigenvalue weighted by Crippen LogP contribution is -2.23. The Bertz CT molecular complexity index is 102. The van der Waals surface area contributed by atoms with Crippen molar-refractivity contribution >= 4 is 33.5 Å². The first-order valence-electron chi connectivity index (χ1n) is 2.12. The van der Waals surface area contributed by atoms with Crippen molar-refractivity contribution in [3.8, 4) is 0 Å². The van der Waals surface area contributed by atoms with E-state index in [1.54, 1.807) is 6.92 Å². The van der Waals surface area contributed by atoms with Crippen molar-refractivity contribution in [2.24, 2.45) is 0 Å². The van der Waals surface area contributed by atoms with Gasteiger partial charge in [0.2, 0.25) is 0 Å². The van der Waals surface area contributed by atoms with Gasteiger partial charge in [-0.15, -0.1) is 0 Å². The van der Waals surface area contributed by atoms with Gasteiger partial charge < -0.3 is 5.11 Å². The fourth-order valence-corrected chi connectivity index (χ4v) is 0.151. The summed E-state index contributed by atoms with van der Waals surface area (Å²) in [6, 6.07) is 0. The van der Waals surface area contributed by atoms with Crippen LogP contribution < -0.4 is 0 Å². The second-order valence-corrected chi connectivity index (χ2v) is 3.82. The summed E-state index contributed by atoms with van der Waals surface area (Å²) >= 11 is 8.18. The molecule has 1 atom stereocenters. The van der Waals surface area contributed by atoms with Crippen LogP contribution >= 0.6 is 27.5 Å². The van der Waals surface area contributed by atoms with Gasteiger partial charge in [0.1, 0.15) is 0 Å². The van der Waals surface area contributed by atoms with Gasteiger partial charge in [0, 0.05) is 0 Å². The van der Waals surface area contributed by atoms with Crippen molar-refractivity contribution in [3.63, 3.8) is 0 Å². The normalized spacial score (nSPS) is 17.4. The number of halogens is 2. The fourth-order valence-electron chi connectivity index (χ4n) is 0.151.